The second-order valence-electron chi connectivity index (χ2n) is 6.46. The van der Waals surface area contributed by atoms with E-state index in [2.05, 4.69) is 20.8 Å². The van der Waals surface area contributed by atoms with Crippen molar-refractivity contribution in [3.8, 4) is 11.5 Å². The zero-order valence-corrected chi connectivity index (χ0v) is 15.4. The van der Waals surface area contributed by atoms with E-state index in [1.54, 1.807) is 14.2 Å². The van der Waals surface area contributed by atoms with Gasteiger partial charge in [0.1, 0.15) is 11.5 Å². The van der Waals surface area contributed by atoms with E-state index in [9.17, 15) is 9.36 Å². The third-order valence-electron chi connectivity index (χ3n) is 2.85. The summed E-state index contributed by atoms with van der Waals surface area (Å²) in [5.74, 6) is 2.01. The molecular weight excluding hydrogens is 299 g/mol. The number of benzene rings is 1. The van der Waals surface area contributed by atoms with Crippen LogP contribution in [0.3, 0.4) is 0 Å². The SMILES string of the molecule is CC(C[P+](=O)C=O)CC(C)(C)C.COc1cccc(OC)c1. The van der Waals surface area contributed by atoms with Gasteiger partial charge in [0.15, 0.2) is 6.16 Å². The molecule has 4 nitrogen and oxygen atoms in total. The number of ether oxygens (including phenoxy) is 2. The highest BCUT2D eigenvalue weighted by atomic mass is 31.1. The van der Waals surface area contributed by atoms with Gasteiger partial charge >= 0.3 is 13.8 Å². The van der Waals surface area contributed by atoms with E-state index in [1.165, 1.54) is 0 Å². The Kier molecular flexibility index (Phi) is 9.68. The number of methoxy groups -OCH3 is 2. The lowest BCUT2D eigenvalue weighted by Crippen LogP contribution is -2.12. The van der Waals surface area contributed by atoms with E-state index >= 15 is 0 Å². The molecule has 0 saturated carbocycles. The average Bonchev–Trinajstić information content (AvgIpc) is 2.45. The highest BCUT2D eigenvalue weighted by Crippen LogP contribution is 2.29. The molecule has 0 amide bonds. The van der Waals surface area contributed by atoms with E-state index in [-0.39, 0.29) is 5.41 Å². The van der Waals surface area contributed by atoms with Crippen molar-refractivity contribution < 1.29 is 18.8 Å². The van der Waals surface area contributed by atoms with Crippen LogP contribution >= 0.6 is 7.80 Å². The number of hydrogen-bond donors (Lipinski definition) is 0. The standard InChI is InChI=1S/C9H18O2P.C8H10O2/c1-8(5-9(2,3)4)6-12(11)7-10;1-9-7-4-3-5-8(6-7)10-2/h7-8H,5-6H2,1-4H3;3-6H,1-2H3/q+1;. The molecule has 0 aliphatic rings. The van der Waals surface area contributed by atoms with Crippen LogP contribution in [-0.4, -0.2) is 26.4 Å². The fourth-order valence-electron chi connectivity index (χ4n) is 2.19. The second kappa shape index (κ2) is 10.3. The summed E-state index contributed by atoms with van der Waals surface area (Å²) in [6.07, 6.45) is 1.55. The zero-order chi connectivity index (χ0) is 17.2. The average molecular weight is 327 g/mol. The molecule has 0 radical (unpaired) electrons. The van der Waals surface area contributed by atoms with Crippen LogP contribution in [0.2, 0.25) is 0 Å². The Balaban J connectivity index is 0.000000406. The Morgan fingerprint density at radius 1 is 1.18 bits per heavy atom. The molecule has 2 unspecified atom stereocenters. The van der Waals surface area contributed by atoms with E-state index < -0.39 is 7.80 Å². The Hall–Kier alpha value is -1.41. The summed E-state index contributed by atoms with van der Waals surface area (Å²) in [5.41, 5.74) is 0.262. The highest BCUT2D eigenvalue weighted by Gasteiger charge is 2.23. The van der Waals surface area contributed by atoms with Crippen molar-refractivity contribution in [2.24, 2.45) is 11.3 Å². The van der Waals surface area contributed by atoms with E-state index in [0.717, 1.165) is 17.9 Å². The molecule has 1 aromatic rings. The monoisotopic (exact) mass is 327 g/mol. The molecule has 0 aliphatic heterocycles. The number of carbonyl (C=O) groups excluding carboxylic acids is 1. The summed E-state index contributed by atoms with van der Waals surface area (Å²) < 4.78 is 20.8. The van der Waals surface area contributed by atoms with Crippen molar-refractivity contribution in [3.05, 3.63) is 24.3 Å². The van der Waals surface area contributed by atoms with E-state index in [1.807, 2.05) is 31.2 Å². The van der Waals surface area contributed by atoms with Gasteiger partial charge in [-0.05, 0) is 24.0 Å². The summed E-state index contributed by atoms with van der Waals surface area (Å²) in [4.78, 5) is 10.1. The van der Waals surface area contributed by atoms with Crippen molar-refractivity contribution in [1.82, 2.24) is 0 Å². The first-order valence-electron chi connectivity index (χ1n) is 7.29. The van der Waals surface area contributed by atoms with E-state index in [0.29, 0.717) is 18.1 Å². The van der Waals surface area contributed by atoms with Gasteiger partial charge in [0.2, 0.25) is 0 Å². The van der Waals surface area contributed by atoms with Crippen molar-refractivity contribution >= 4 is 13.8 Å². The summed E-state index contributed by atoms with van der Waals surface area (Å²) in [6.45, 7) is 8.49. The van der Waals surface area contributed by atoms with Crippen molar-refractivity contribution in [2.75, 3.05) is 20.4 Å². The van der Waals surface area contributed by atoms with Crippen LogP contribution in [0, 0.1) is 11.3 Å². The molecule has 0 N–H and O–H groups in total. The molecule has 124 valence electrons. The van der Waals surface area contributed by atoms with Gasteiger partial charge in [-0.3, -0.25) is 0 Å². The van der Waals surface area contributed by atoms with Gasteiger partial charge in [-0.25, -0.2) is 4.79 Å². The molecule has 0 aromatic heterocycles. The second-order valence-corrected chi connectivity index (χ2v) is 7.87. The molecule has 0 heterocycles. The lowest BCUT2D eigenvalue weighted by Gasteiger charge is -2.20. The van der Waals surface area contributed by atoms with E-state index in [4.69, 9.17) is 9.47 Å². The lowest BCUT2D eigenvalue weighted by atomic mass is 9.86. The van der Waals surface area contributed by atoms with Crippen LogP contribution < -0.4 is 9.47 Å². The first-order valence-corrected chi connectivity index (χ1v) is 8.80. The molecule has 1 aromatic carbocycles. The first-order chi connectivity index (χ1) is 10.2. The van der Waals surface area contributed by atoms with Crippen LogP contribution in [-0.2, 0) is 9.36 Å². The highest BCUT2D eigenvalue weighted by molar-refractivity contribution is 7.60. The molecule has 0 spiro atoms. The normalized spacial score (nSPS) is 12.5. The maximum absolute atomic E-state index is 10.9. The van der Waals surface area contributed by atoms with Gasteiger partial charge in [-0.15, -0.1) is 0 Å². The minimum Gasteiger partial charge on any atom is -0.497 e. The summed E-state index contributed by atoms with van der Waals surface area (Å²) in [6, 6.07) is 8.04. The topological polar surface area (TPSA) is 52.6 Å². The third kappa shape index (κ3) is 10.3. The maximum atomic E-state index is 10.9. The molecule has 0 saturated heterocycles. The van der Waals surface area contributed by atoms with Crippen LogP contribution in [0.5, 0.6) is 11.5 Å². The first kappa shape index (κ1) is 20.6. The largest absolute Gasteiger partial charge is 0.497 e. The van der Waals surface area contributed by atoms with Crippen LogP contribution in [0.25, 0.3) is 0 Å². The Morgan fingerprint density at radius 3 is 2.05 bits per heavy atom. The Bertz CT molecular complexity index is 447. The van der Waals surface area contributed by atoms with Gasteiger partial charge in [0.25, 0.3) is 0 Å². The molecule has 0 aliphatic carbocycles. The fraction of sp³-hybridized carbons (Fsp3) is 0.588. The molecule has 0 fully saturated rings. The van der Waals surface area contributed by atoms with Crippen LogP contribution in [0.15, 0.2) is 24.3 Å². The predicted molar refractivity (Wildman–Crippen MR) is 92.0 cm³/mol. The molecule has 22 heavy (non-hydrogen) atoms. The third-order valence-corrected chi connectivity index (χ3v) is 4.07. The lowest BCUT2D eigenvalue weighted by molar-refractivity contribution is 0.322. The molecule has 0 bridgehead atoms. The molecule has 1 rings (SSSR count). The Labute approximate surface area is 135 Å². The van der Waals surface area contributed by atoms with Gasteiger partial charge < -0.3 is 9.47 Å². The maximum Gasteiger partial charge on any atom is 0.411 e. The Morgan fingerprint density at radius 2 is 1.68 bits per heavy atom. The molecule has 5 heteroatoms. The number of hydrogen-bond acceptors (Lipinski definition) is 4. The smallest absolute Gasteiger partial charge is 0.411 e. The quantitative estimate of drug-likeness (QED) is 0.557. The number of rotatable bonds is 6. The predicted octanol–water partition coefficient (Wildman–Crippen LogP) is 4.78. The molecular formula is C17H28O4P+. The minimum atomic E-state index is -1.60. The van der Waals surface area contributed by atoms with Crippen molar-refractivity contribution in [1.29, 1.82) is 0 Å². The van der Waals surface area contributed by atoms with Crippen LogP contribution in [0.4, 0.5) is 0 Å². The van der Waals surface area contributed by atoms with Gasteiger partial charge in [0, 0.05) is 12.0 Å². The van der Waals surface area contributed by atoms with Crippen LogP contribution in [0.1, 0.15) is 34.1 Å². The summed E-state index contributed by atoms with van der Waals surface area (Å²) in [7, 11) is 1.67. The van der Waals surface area contributed by atoms with Gasteiger partial charge in [-0.1, -0.05) is 38.3 Å². The van der Waals surface area contributed by atoms with Crippen molar-refractivity contribution in [2.45, 2.75) is 34.1 Å². The zero-order valence-electron chi connectivity index (χ0n) is 14.5. The minimum absolute atomic E-state index is 0.262. The van der Waals surface area contributed by atoms with Gasteiger partial charge in [0.05, 0.1) is 14.2 Å². The summed E-state index contributed by atoms with van der Waals surface area (Å²) in [5, 5.41) is 0. The molecule has 2 atom stereocenters. The summed E-state index contributed by atoms with van der Waals surface area (Å²) >= 11 is 0. The fourth-order valence-corrected chi connectivity index (χ4v) is 3.02. The van der Waals surface area contributed by atoms with Crippen molar-refractivity contribution in [3.63, 3.8) is 0 Å². The van der Waals surface area contributed by atoms with Gasteiger partial charge in [-0.2, -0.15) is 0 Å². The number of carbonyl (C=O) groups is 1.